The van der Waals surface area contributed by atoms with Crippen LogP contribution in [-0.4, -0.2) is 65.9 Å². The monoisotopic (exact) mass is 596 g/mol. The quantitative estimate of drug-likeness (QED) is 0.235. The Bertz CT molecular complexity index is 1770. The van der Waals surface area contributed by atoms with Gasteiger partial charge in [-0.3, -0.25) is 0 Å². The summed E-state index contributed by atoms with van der Waals surface area (Å²) in [7, 11) is 3.93. The molecule has 5 aromatic rings. The van der Waals surface area contributed by atoms with E-state index in [-0.39, 0.29) is 6.10 Å². The normalized spacial score (nSPS) is 16.2. The summed E-state index contributed by atoms with van der Waals surface area (Å²) in [6.07, 6.45) is 1.88. The van der Waals surface area contributed by atoms with Gasteiger partial charge in [-0.2, -0.15) is 18.2 Å². The third-order valence-electron chi connectivity index (χ3n) is 6.74. The van der Waals surface area contributed by atoms with Gasteiger partial charge in [0.1, 0.15) is 35.0 Å². The Kier molecular flexibility index (Phi) is 8.25. The predicted octanol–water partition coefficient (Wildman–Crippen LogP) is 4.91. The minimum Gasteiger partial charge on any atom is -0.475 e. The number of benzene rings is 2. The first kappa shape index (κ1) is 29.4. The van der Waals surface area contributed by atoms with Crippen LogP contribution in [0.2, 0.25) is 0 Å². The third-order valence-corrected chi connectivity index (χ3v) is 6.74. The molecule has 0 spiro atoms. The lowest BCUT2D eigenvalue weighted by molar-refractivity contribution is -0.192. The van der Waals surface area contributed by atoms with Gasteiger partial charge in [0, 0.05) is 24.8 Å². The van der Waals surface area contributed by atoms with E-state index in [9.17, 15) is 13.2 Å². The number of fused-ring (bicyclic) bond motifs is 2. The molecule has 1 saturated carbocycles. The van der Waals surface area contributed by atoms with E-state index in [0.717, 1.165) is 46.6 Å². The molecule has 224 valence electrons. The average molecular weight is 597 g/mol. The molecule has 0 bridgehead atoms. The summed E-state index contributed by atoms with van der Waals surface area (Å²) >= 11 is 0. The summed E-state index contributed by atoms with van der Waals surface area (Å²) < 4.78 is 45.8. The number of hydrogen-bond donors (Lipinski definition) is 3. The number of carboxylic acids is 1. The number of hydrogen-bond acceptors (Lipinski definition) is 10. The van der Waals surface area contributed by atoms with Crippen molar-refractivity contribution < 1.29 is 32.5 Å². The standard InChI is InChI=1S/C26H26N8O2.C2HF3O2/c1-15-8-16(4-7-23(15)35-18-5-6-22-20(11-18)31-14-34(22)3)32-25-24-21(29-13-30-25)12-28-26(33-24)36-19-9-17(10-19)27-2;3-2(4,5)1(6)7/h4-8,11-14,17,19,27H,9-10H2,1-3H3,(H,29,30,32);(H,6,7). The van der Waals surface area contributed by atoms with Gasteiger partial charge in [0.05, 0.1) is 23.6 Å². The molecule has 1 fully saturated rings. The van der Waals surface area contributed by atoms with E-state index in [2.05, 4.69) is 35.6 Å². The van der Waals surface area contributed by atoms with Crippen molar-refractivity contribution in [3.05, 3.63) is 60.8 Å². The highest BCUT2D eigenvalue weighted by Gasteiger charge is 2.38. The molecule has 3 N–H and O–H groups in total. The zero-order valence-electron chi connectivity index (χ0n) is 23.3. The molecule has 0 amide bonds. The lowest BCUT2D eigenvalue weighted by Crippen LogP contribution is -2.45. The van der Waals surface area contributed by atoms with Crippen molar-refractivity contribution >= 4 is 39.5 Å². The maximum absolute atomic E-state index is 10.6. The van der Waals surface area contributed by atoms with Crippen LogP contribution >= 0.6 is 0 Å². The van der Waals surface area contributed by atoms with Crippen LogP contribution in [0.25, 0.3) is 22.1 Å². The molecule has 6 rings (SSSR count). The molecule has 1 aliphatic carbocycles. The van der Waals surface area contributed by atoms with Crippen LogP contribution in [0.4, 0.5) is 24.7 Å². The number of anilines is 2. The molecule has 1 aliphatic rings. The van der Waals surface area contributed by atoms with Gasteiger partial charge < -0.3 is 29.8 Å². The molecule has 3 heterocycles. The lowest BCUT2D eigenvalue weighted by atomic mass is 9.89. The summed E-state index contributed by atoms with van der Waals surface area (Å²) in [6.45, 7) is 2.00. The molecule has 2 aromatic carbocycles. The number of carboxylic acid groups (broad SMARTS) is 1. The van der Waals surface area contributed by atoms with Crippen LogP contribution in [0, 0.1) is 6.92 Å². The van der Waals surface area contributed by atoms with Gasteiger partial charge in [-0.05, 0) is 62.7 Å². The molecular formula is C28H27F3N8O4. The Hall–Kier alpha value is -5.05. The predicted molar refractivity (Wildman–Crippen MR) is 151 cm³/mol. The summed E-state index contributed by atoms with van der Waals surface area (Å²) in [5.74, 6) is -0.666. The molecule has 3 aromatic heterocycles. The Morgan fingerprint density at radius 2 is 1.84 bits per heavy atom. The molecule has 0 saturated heterocycles. The van der Waals surface area contributed by atoms with E-state index in [0.29, 0.717) is 28.9 Å². The summed E-state index contributed by atoms with van der Waals surface area (Å²) in [4.78, 5) is 30.9. The fourth-order valence-electron chi connectivity index (χ4n) is 4.32. The highest BCUT2D eigenvalue weighted by molar-refractivity contribution is 5.86. The highest BCUT2D eigenvalue weighted by Crippen LogP contribution is 2.31. The first-order chi connectivity index (χ1) is 20.5. The summed E-state index contributed by atoms with van der Waals surface area (Å²) in [6, 6.07) is 12.6. The van der Waals surface area contributed by atoms with Crippen molar-refractivity contribution in [3.8, 4) is 17.5 Å². The summed E-state index contributed by atoms with van der Waals surface area (Å²) in [5.41, 5.74) is 5.03. The van der Waals surface area contributed by atoms with Crippen molar-refractivity contribution in [1.29, 1.82) is 0 Å². The van der Waals surface area contributed by atoms with Gasteiger partial charge in [0.2, 0.25) is 0 Å². The van der Waals surface area contributed by atoms with Crippen LogP contribution in [-0.2, 0) is 11.8 Å². The first-order valence-electron chi connectivity index (χ1n) is 13.1. The SMILES string of the molecule is CNC1CC(Oc2ncc3ncnc(Nc4ccc(Oc5ccc6c(c5)ncn6C)c(C)c4)c3n2)C1.O=C(O)C(F)(F)F. The van der Waals surface area contributed by atoms with Crippen molar-refractivity contribution in [1.82, 2.24) is 34.8 Å². The fraction of sp³-hybridized carbons (Fsp3) is 0.286. The van der Waals surface area contributed by atoms with E-state index < -0.39 is 12.1 Å². The number of aromatic nitrogens is 6. The van der Waals surface area contributed by atoms with Crippen molar-refractivity contribution in [2.75, 3.05) is 12.4 Å². The zero-order valence-corrected chi connectivity index (χ0v) is 23.3. The number of rotatable bonds is 7. The number of aryl methyl sites for hydroxylation is 2. The smallest absolute Gasteiger partial charge is 0.475 e. The van der Waals surface area contributed by atoms with Gasteiger partial charge in [-0.25, -0.2) is 24.7 Å². The largest absolute Gasteiger partial charge is 0.490 e. The van der Waals surface area contributed by atoms with Crippen molar-refractivity contribution in [2.45, 2.75) is 38.1 Å². The van der Waals surface area contributed by atoms with Gasteiger partial charge in [0.25, 0.3) is 0 Å². The van der Waals surface area contributed by atoms with Crippen LogP contribution in [0.1, 0.15) is 18.4 Å². The highest BCUT2D eigenvalue weighted by atomic mass is 19.4. The van der Waals surface area contributed by atoms with Gasteiger partial charge >= 0.3 is 18.2 Å². The molecule has 0 unspecified atom stereocenters. The molecule has 43 heavy (non-hydrogen) atoms. The number of halogens is 3. The Morgan fingerprint density at radius 3 is 2.53 bits per heavy atom. The van der Waals surface area contributed by atoms with Crippen LogP contribution < -0.4 is 20.1 Å². The number of carbonyl (C=O) groups is 1. The van der Waals surface area contributed by atoms with Gasteiger partial charge in [-0.15, -0.1) is 0 Å². The average Bonchev–Trinajstić information content (AvgIpc) is 3.31. The van der Waals surface area contributed by atoms with E-state index in [1.165, 1.54) is 6.33 Å². The number of nitrogens with zero attached hydrogens (tertiary/aromatic N) is 6. The number of nitrogens with one attached hydrogen (secondary N) is 2. The van der Waals surface area contributed by atoms with E-state index in [4.69, 9.17) is 19.4 Å². The minimum absolute atomic E-state index is 0.120. The van der Waals surface area contributed by atoms with Crippen molar-refractivity contribution in [3.63, 3.8) is 0 Å². The number of ether oxygens (including phenoxy) is 2. The second-order valence-electron chi connectivity index (χ2n) is 9.82. The van der Waals surface area contributed by atoms with E-state index in [1.54, 1.807) is 12.5 Å². The van der Waals surface area contributed by atoms with Gasteiger partial charge in [0.15, 0.2) is 5.82 Å². The molecule has 15 heteroatoms. The van der Waals surface area contributed by atoms with Crippen LogP contribution in [0.3, 0.4) is 0 Å². The molecular weight excluding hydrogens is 569 g/mol. The Labute approximate surface area is 242 Å². The third kappa shape index (κ3) is 6.89. The van der Waals surface area contributed by atoms with E-state index in [1.807, 2.05) is 62.0 Å². The zero-order chi connectivity index (χ0) is 30.7. The molecule has 0 radical (unpaired) electrons. The minimum atomic E-state index is -5.08. The molecule has 12 nitrogen and oxygen atoms in total. The maximum Gasteiger partial charge on any atom is 0.490 e. The lowest BCUT2D eigenvalue weighted by Gasteiger charge is -2.34. The second-order valence-corrected chi connectivity index (χ2v) is 9.82. The Morgan fingerprint density at radius 1 is 1.07 bits per heavy atom. The van der Waals surface area contributed by atoms with Crippen molar-refractivity contribution in [2.24, 2.45) is 7.05 Å². The first-order valence-corrected chi connectivity index (χ1v) is 13.1. The fourth-order valence-corrected chi connectivity index (χ4v) is 4.32. The summed E-state index contributed by atoms with van der Waals surface area (Å²) in [5, 5.41) is 13.7. The molecule has 0 atom stereocenters. The van der Waals surface area contributed by atoms with Gasteiger partial charge in [-0.1, -0.05) is 0 Å². The molecule has 0 aliphatic heterocycles. The number of imidazole rings is 1. The topological polar surface area (TPSA) is 149 Å². The Balaban J connectivity index is 0.000000472. The van der Waals surface area contributed by atoms with Crippen LogP contribution in [0.15, 0.2) is 55.2 Å². The number of alkyl halides is 3. The second kappa shape index (κ2) is 12.1. The van der Waals surface area contributed by atoms with E-state index >= 15 is 0 Å². The van der Waals surface area contributed by atoms with Crippen LogP contribution in [0.5, 0.6) is 17.5 Å². The number of aliphatic carboxylic acids is 1. The maximum atomic E-state index is 10.6.